The third-order valence-electron chi connectivity index (χ3n) is 11.6. The highest BCUT2D eigenvalue weighted by atomic mass is 16.5. The summed E-state index contributed by atoms with van der Waals surface area (Å²) < 4.78 is 6.88. The minimum Gasteiger partial charge on any atom is -0.363 e. The molecule has 214 valence electrons. The molecule has 3 heteroatoms. The summed E-state index contributed by atoms with van der Waals surface area (Å²) in [4.78, 5) is 5.39. The van der Waals surface area contributed by atoms with Gasteiger partial charge in [-0.2, -0.15) is 0 Å². The van der Waals surface area contributed by atoms with Crippen LogP contribution in [0.3, 0.4) is 0 Å². The van der Waals surface area contributed by atoms with Crippen LogP contribution in [0.2, 0.25) is 0 Å². The van der Waals surface area contributed by atoms with E-state index in [0.29, 0.717) is 35.6 Å². The Morgan fingerprint density at radius 3 is 2.49 bits per heavy atom. The Balaban J connectivity index is 1.08. The lowest BCUT2D eigenvalue weighted by Crippen LogP contribution is -2.42. The predicted molar refractivity (Wildman–Crippen MR) is 172 cm³/mol. The molecular weight excluding hydrogens is 524 g/mol. The lowest BCUT2D eigenvalue weighted by Gasteiger charge is -2.41. The molecule has 9 unspecified atom stereocenters. The molecule has 0 bridgehead atoms. The van der Waals surface area contributed by atoms with Gasteiger partial charge in [0.15, 0.2) is 0 Å². The van der Waals surface area contributed by atoms with Crippen LogP contribution < -0.4 is 0 Å². The molecule has 9 atom stereocenters. The Kier molecular flexibility index (Phi) is 5.34. The summed E-state index contributed by atoms with van der Waals surface area (Å²) in [6.07, 6.45) is 51.4. The third-order valence-corrected chi connectivity index (χ3v) is 11.6. The van der Waals surface area contributed by atoms with Crippen molar-refractivity contribution in [3.05, 3.63) is 155 Å². The normalized spacial score (nSPS) is 40.6. The van der Waals surface area contributed by atoms with Gasteiger partial charge < -0.3 is 14.5 Å². The molecule has 10 rings (SSSR count). The van der Waals surface area contributed by atoms with Crippen LogP contribution in [0.5, 0.6) is 0 Å². The van der Waals surface area contributed by atoms with Crippen molar-refractivity contribution in [2.45, 2.75) is 56.4 Å². The Bertz CT molecular complexity index is 1690. The first kappa shape index (κ1) is 24.6. The molecule has 3 saturated heterocycles. The Morgan fingerprint density at radius 1 is 0.674 bits per heavy atom. The van der Waals surface area contributed by atoms with Crippen molar-refractivity contribution in [1.29, 1.82) is 0 Å². The first-order valence-electron chi connectivity index (χ1n) is 16.6. The molecule has 3 aliphatic heterocycles. The van der Waals surface area contributed by atoms with E-state index in [2.05, 4.69) is 125 Å². The van der Waals surface area contributed by atoms with Crippen molar-refractivity contribution in [2.24, 2.45) is 29.6 Å². The summed E-state index contributed by atoms with van der Waals surface area (Å²) >= 11 is 0. The zero-order valence-electron chi connectivity index (χ0n) is 24.5. The van der Waals surface area contributed by atoms with E-state index >= 15 is 0 Å². The number of fused-ring (bicyclic) bond motifs is 11. The topological polar surface area (TPSA) is 15.7 Å². The highest BCUT2D eigenvalue weighted by Gasteiger charge is 2.54. The number of ether oxygens (including phenoxy) is 1. The molecule has 43 heavy (non-hydrogen) atoms. The molecule has 3 nitrogen and oxygen atoms in total. The molecular formula is C40H38N2O. The fourth-order valence-corrected chi connectivity index (χ4v) is 9.86. The largest absolute Gasteiger partial charge is 0.363 e. The van der Waals surface area contributed by atoms with Crippen molar-refractivity contribution < 1.29 is 4.74 Å². The number of hydrogen-bond acceptors (Lipinski definition) is 3. The number of allylic oxidation sites excluding steroid dienone is 15. The van der Waals surface area contributed by atoms with E-state index in [-0.39, 0.29) is 18.2 Å². The zero-order valence-corrected chi connectivity index (χ0v) is 24.5. The summed E-state index contributed by atoms with van der Waals surface area (Å²) in [6, 6.07) is 0.639. The van der Waals surface area contributed by atoms with Gasteiger partial charge in [-0.1, -0.05) is 97.2 Å². The average Bonchev–Trinajstić information content (AvgIpc) is 3.73. The number of hydrogen-bond donors (Lipinski definition) is 0. The smallest absolute Gasteiger partial charge is 0.105 e. The van der Waals surface area contributed by atoms with Crippen LogP contribution in [-0.4, -0.2) is 34.1 Å². The Morgan fingerprint density at radius 2 is 1.53 bits per heavy atom. The van der Waals surface area contributed by atoms with Crippen molar-refractivity contribution in [3.63, 3.8) is 0 Å². The standard InChI is InChI=1S/C40H38N2O/c1-2-11-25(12-3-1)41-34-18-8-5-15-32(34)38-28-21-22-29-26-13-4-7-17-33(26)42(39(29)30(28)23-24-35(38)41)36-19-10-16-31-27-14-6-9-20-37(27)43-40(31)36/h2,5-6,8-14,16-24,27,29,31-32,35,37-40H,1,3-4,7,15H2. The maximum absolute atomic E-state index is 6.88. The van der Waals surface area contributed by atoms with Gasteiger partial charge in [-0.15, -0.1) is 0 Å². The summed E-state index contributed by atoms with van der Waals surface area (Å²) in [7, 11) is 0. The van der Waals surface area contributed by atoms with Crippen molar-refractivity contribution >= 4 is 0 Å². The van der Waals surface area contributed by atoms with Gasteiger partial charge in [-0.25, -0.2) is 0 Å². The highest BCUT2D eigenvalue weighted by Crippen LogP contribution is 2.57. The SMILES string of the molecule is C1=CCC2C(=C1)N(C1=CCCC=C1)C1C=CC3=C(C=CC4C5=CCCC=C5N(C5=CC=CC6C5OC5C=CC=CC56)C34)C21. The first-order valence-corrected chi connectivity index (χ1v) is 16.6. The summed E-state index contributed by atoms with van der Waals surface area (Å²) in [5, 5.41) is 0. The molecule has 0 aromatic carbocycles. The molecule has 0 spiro atoms. The molecule has 0 radical (unpaired) electrons. The van der Waals surface area contributed by atoms with E-state index in [9.17, 15) is 0 Å². The van der Waals surface area contributed by atoms with Crippen LogP contribution in [0, 0.1) is 29.6 Å². The summed E-state index contributed by atoms with van der Waals surface area (Å²) in [5.41, 5.74) is 10.3. The highest BCUT2D eigenvalue weighted by molar-refractivity contribution is 5.60. The van der Waals surface area contributed by atoms with E-state index in [1.165, 1.54) is 33.9 Å². The minimum absolute atomic E-state index is 0.0792. The molecule has 0 saturated carbocycles. The van der Waals surface area contributed by atoms with Gasteiger partial charge in [-0.3, -0.25) is 0 Å². The fraction of sp³-hybridized carbons (Fsp3) is 0.350. The fourth-order valence-electron chi connectivity index (χ4n) is 9.86. The summed E-state index contributed by atoms with van der Waals surface area (Å²) in [5.74, 6) is 2.15. The van der Waals surface area contributed by atoms with Crippen molar-refractivity contribution in [2.75, 3.05) is 0 Å². The third kappa shape index (κ3) is 3.40. The van der Waals surface area contributed by atoms with Crippen LogP contribution >= 0.6 is 0 Å². The Labute approximate surface area is 255 Å². The van der Waals surface area contributed by atoms with Gasteiger partial charge in [0.05, 0.1) is 18.2 Å². The molecule has 10 aliphatic rings. The second-order valence-corrected chi connectivity index (χ2v) is 13.6. The van der Waals surface area contributed by atoms with Gasteiger partial charge >= 0.3 is 0 Å². The van der Waals surface area contributed by atoms with Crippen LogP contribution in [-0.2, 0) is 4.74 Å². The average molecular weight is 563 g/mol. The van der Waals surface area contributed by atoms with Crippen LogP contribution in [0.1, 0.15) is 32.1 Å². The molecule has 0 aromatic heterocycles. The first-order chi connectivity index (χ1) is 21.4. The molecule has 3 heterocycles. The minimum atomic E-state index is 0.0792. The zero-order chi connectivity index (χ0) is 28.1. The predicted octanol–water partition coefficient (Wildman–Crippen LogP) is 7.90. The second-order valence-electron chi connectivity index (χ2n) is 13.6. The van der Waals surface area contributed by atoms with Crippen LogP contribution in [0.15, 0.2) is 155 Å². The lowest BCUT2D eigenvalue weighted by atomic mass is 9.70. The van der Waals surface area contributed by atoms with Gasteiger partial charge in [0.25, 0.3) is 0 Å². The van der Waals surface area contributed by atoms with Gasteiger partial charge in [0.2, 0.25) is 0 Å². The van der Waals surface area contributed by atoms with E-state index in [0.717, 1.165) is 32.1 Å². The van der Waals surface area contributed by atoms with Crippen LogP contribution in [0.4, 0.5) is 0 Å². The van der Waals surface area contributed by atoms with E-state index in [4.69, 9.17) is 4.74 Å². The number of nitrogens with zero attached hydrogens (tertiary/aromatic N) is 2. The van der Waals surface area contributed by atoms with Crippen molar-refractivity contribution in [3.8, 4) is 0 Å². The molecule has 0 aromatic rings. The molecule has 7 aliphatic carbocycles. The monoisotopic (exact) mass is 562 g/mol. The molecule has 3 fully saturated rings. The maximum Gasteiger partial charge on any atom is 0.105 e. The number of rotatable bonds is 2. The number of likely N-dealkylation sites (tertiary alicyclic amines) is 2. The summed E-state index contributed by atoms with van der Waals surface area (Å²) in [6.45, 7) is 0. The van der Waals surface area contributed by atoms with E-state index < -0.39 is 0 Å². The van der Waals surface area contributed by atoms with Crippen molar-refractivity contribution in [1.82, 2.24) is 9.80 Å². The van der Waals surface area contributed by atoms with E-state index in [1.54, 1.807) is 5.57 Å². The van der Waals surface area contributed by atoms with Gasteiger partial charge in [-0.05, 0) is 67.1 Å². The van der Waals surface area contributed by atoms with Gasteiger partial charge in [0, 0.05) is 52.4 Å². The van der Waals surface area contributed by atoms with Gasteiger partial charge in [0.1, 0.15) is 6.10 Å². The Hall–Kier alpha value is -3.82. The second kappa shape index (κ2) is 9.34. The molecule has 0 amide bonds. The quantitative estimate of drug-likeness (QED) is 0.340. The van der Waals surface area contributed by atoms with Crippen LogP contribution in [0.25, 0.3) is 0 Å². The maximum atomic E-state index is 6.88. The lowest BCUT2D eigenvalue weighted by molar-refractivity contribution is 0.0636. The van der Waals surface area contributed by atoms with E-state index in [1.807, 2.05) is 0 Å². The molecule has 0 N–H and O–H groups in total.